The van der Waals surface area contributed by atoms with Gasteiger partial charge in [-0.25, -0.2) is 4.98 Å². The largest absolute Gasteiger partial charge is 0.367 e. The van der Waals surface area contributed by atoms with Gasteiger partial charge in [-0.15, -0.1) is 11.3 Å². The molecule has 0 bridgehead atoms. The molecular formula is C9H14N4S. The van der Waals surface area contributed by atoms with Gasteiger partial charge in [0.15, 0.2) is 5.82 Å². The van der Waals surface area contributed by atoms with Crippen molar-refractivity contribution >= 4 is 17.2 Å². The van der Waals surface area contributed by atoms with E-state index in [2.05, 4.69) is 21.3 Å². The summed E-state index contributed by atoms with van der Waals surface area (Å²) in [6, 6.07) is 2.13. The van der Waals surface area contributed by atoms with Crippen LogP contribution in [-0.4, -0.2) is 37.1 Å². The Labute approximate surface area is 88.2 Å². The Bertz CT molecular complexity index is 337. The fourth-order valence-corrected chi connectivity index (χ4v) is 1.71. The molecule has 0 fully saturated rings. The number of nitriles is 1. The quantitative estimate of drug-likeness (QED) is 0.813. The van der Waals surface area contributed by atoms with Crippen LogP contribution in [0.5, 0.6) is 0 Å². The van der Waals surface area contributed by atoms with E-state index in [0.29, 0.717) is 4.88 Å². The van der Waals surface area contributed by atoms with Gasteiger partial charge >= 0.3 is 0 Å². The summed E-state index contributed by atoms with van der Waals surface area (Å²) in [6.07, 6.45) is 0. The first-order chi connectivity index (χ1) is 6.63. The van der Waals surface area contributed by atoms with Crippen molar-refractivity contribution in [1.82, 2.24) is 9.88 Å². The van der Waals surface area contributed by atoms with Crippen LogP contribution in [0.1, 0.15) is 9.88 Å². The lowest BCUT2D eigenvalue weighted by molar-refractivity contribution is 0.425. The van der Waals surface area contributed by atoms with E-state index < -0.39 is 0 Å². The maximum absolute atomic E-state index is 8.81. The first kappa shape index (κ1) is 11.0. The van der Waals surface area contributed by atoms with Gasteiger partial charge in [0.05, 0.1) is 5.01 Å². The minimum absolute atomic E-state index is 0.668. The predicted octanol–water partition coefficient (Wildman–Crippen LogP) is 1.30. The van der Waals surface area contributed by atoms with Gasteiger partial charge in [-0.05, 0) is 21.0 Å². The highest BCUT2D eigenvalue weighted by atomic mass is 32.1. The lowest BCUT2D eigenvalue weighted by Crippen LogP contribution is -2.21. The topological polar surface area (TPSA) is 52.0 Å². The number of hydrogen-bond acceptors (Lipinski definition) is 5. The van der Waals surface area contributed by atoms with Crippen LogP contribution in [0.15, 0.2) is 0 Å². The van der Waals surface area contributed by atoms with Crippen molar-refractivity contribution in [1.29, 1.82) is 5.26 Å². The van der Waals surface area contributed by atoms with Gasteiger partial charge in [0.1, 0.15) is 10.9 Å². The summed E-state index contributed by atoms with van der Waals surface area (Å²) < 4.78 is 0. The number of aryl methyl sites for hydroxylation is 1. The number of rotatable bonds is 4. The molecule has 0 aliphatic heterocycles. The minimum atomic E-state index is 0.668. The Kier molecular flexibility index (Phi) is 3.86. The second-order valence-electron chi connectivity index (χ2n) is 3.25. The molecule has 0 atom stereocenters. The van der Waals surface area contributed by atoms with E-state index in [1.807, 2.05) is 21.0 Å². The summed E-state index contributed by atoms with van der Waals surface area (Å²) in [5.74, 6) is 0.719. The second-order valence-corrected chi connectivity index (χ2v) is 4.46. The number of aromatic nitrogens is 1. The third kappa shape index (κ3) is 2.98. The van der Waals surface area contributed by atoms with Gasteiger partial charge in [-0.1, -0.05) is 0 Å². The Morgan fingerprint density at radius 2 is 2.29 bits per heavy atom. The van der Waals surface area contributed by atoms with E-state index in [4.69, 9.17) is 5.26 Å². The van der Waals surface area contributed by atoms with Gasteiger partial charge in [0.25, 0.3) is 0 Å². The van der Waals surface area contributed by atoms with Crippen LogP contribution in [-0.2, 0) is 0 Å². The van der Waals surface area contributed by atoms with Crippen molar-refractivity contribution in [2.45, 2.75) is 6.92 Å². The normalized spacial score (nSPS) is 10.2. The molecule has 76 valence electrons. The van der Waals surface area contributed by atoms with Crippen molar-refractivity contribution in [3.05, 3.63) is 9.88 Å². The predicted molar refractivity (Wildman–Crippen MR) is 58.6 cm³/mol. The summed E-state index contributed by atoms with van der Waals surface area (Å²) in [6.45, 7) is 3.65. The van der Waals surface area contributed by atoms with Crippen LogP contribution < -0.4 is 5.32 Å². The van der Waals surface area contributed by atoms with Crippen molar-refractivity contribution in [3.8, 4) is 6.07 Å². The van der Waals surface area contributed by atoms with Crippen LogP contribution >= 0.6 is 11.3 Å². The molecule has 0 aliphatic rings. The van der Waals surface area contributed by atoms with Crippen LogP contribution in [0, 0.1) is 18.3 Å². The molecule has 1 aromatic rings. The molecule has 1 N–H and O–H groups in total. The van der Waals surface area contributed by atoms with E-state index in [-0.39, 0.29) is 0 Å². The molecule has 0 aliphatic carbocycles. The minimum Gasteiger partial charge on any atom is -0.367 e. The SMILES string of the molecule is Cc1nc(NCCN(C)C)c(C#N)s1. The molecule has 0 saturated carbocycles. The number of likely N-dealkylation sites (N-methyl/N-ethyl adjacent to an activating group) is 1. The lowest BCUT2D eigenvalue weighted by Gasteiger charge is -2.09. The monoisotopic (exact) mass is 210 g/mol. The number of thiazole rings is 1. The van der Waals surface area contributed by atoms with Crippen LogP contribution in [0.2, 0.25) is 0 Å². The van der Waals surface area contributed by atoms with Gasteiger partial charge in [0, 0.05) is 13.1 Å². The maximum Gasteiger partial charge on any atom is 0.155 e. The Morgan fingerprint density at radius 1 is 1.57 bits per heavy atom. The molecule has 0 radical (unpaired) electrons. The van der Waals surface area contributed by atoms with Crippen molar-refractivity contribution in [2.75, 3.05) is 32.5 Å². The van der Waals surface area contributed by atoms with E-state index in [0.717, 1.165) is 23.9 Å². The molecule has 1 heterocycles. The number of hydrogen-bond donors (Lipinski definition) is 1. The van der Waals surface area contributed by atoms with Crippen LogP contribution in [0.4, 0.5) is 5.82 Å². The zero-order valence-corrected chi connectivity index (χ0v) is 9.48. The number of anilines is 1. The molecule has 14 heavy (non-hydrogen) atoms. The van der Waals surface area contributed by atoms with E-state index in [1.165, 1.54) is 11.3 Å². The average Bonchev–Trinajstić information content (AvgIpc) is 2.45. The molecule has 0 saturated heterocycles. The van der Waals surface area contributed by atoms with Crippen molar-refractivity contribution in [2.24, 2.45) is 0 Å². The van der Waals surface area contributed by atoms with Crippen LogP contribution in [0.25, 0.3) is 0 Å². The molecule has 1 rings (SSSR count). The molecule has 0 aromatic carbocycles. The zero-order chi connectivity index (χ0) is 10.6. The fraction of sp³-hybridized carbons (Fsp3) is 0.556. The van der Waals surface area contributed by atoms with E-state index >= 15 is 0 Å². The smallest absolute Gasteiger partial charge is 0.155 e. The molecule has 4 nitrogen and oxygen atoms in total. The molecule has 5 heteroatoms. The summed E-state index contributed by atoms with van der Waals surface area (Å²) in [5.41, 5.74) is 0. The Hall–Kier alpha value is -1.12. The summed E-state index contributed by atoms with van der Waals surface area (Å²) in [7, 11) is 4.03. The standard InChI is InChI=1S/C9H14N4S/c1-7-12-9(8(6-10)14-7)11-4-5-13(2)3/h11H,4-5H2,1-3H3. The molecule has 0 unspecified atom stereocenters. The lowest BCUT2D eigenvalue weighted by atomic mass is 10.5. The van der Waals surface area contributed by atoms with E-state index in [9.17, 15) is 0 Å². The maximum atomic E-state index is 8.81. The number of nitrogens with zero attached hydrogens (tertiary/aromatic N) is 3. The Balaban J connectivity index is 2.54. The molecule has 0 spiro atoms. The molecule has 1 aromatic heterocycles. The van der Waals surface area contributed by atoms with Crippen molar-refractivity contribution in [3.63, 3.8) is 0 Å². The third-order valence-electron chi connectivity index (χ3n) is 1.69. The summed E-state index contributed by atoms with van der Waals surface area (Å²) >= 11 is 1.42. The van der Waals surface area contributed by atoms with Crippen molar-refractivity contribution < 1.29 is 0 Å². The fourth-order valence-electron chi connectivity index (χ4n) is 1.02. The highest BCUT2D eigenvalue weighted by Gasteiger charge is 2.06. The first-order valence-corrected chi connectivity index (χ1v) is 5.21. The Morgan fingerprint density at radius 3 is 2.86 bits per heavy atom. The van der Waals surface area contributed by atoms with Gasteiger partial charge in [-0.2, -0.15) is 5.26 Å². The second kappa shape index (κ2) is 4.94. The first-order valence-electron chi connectivity index (χ1n) is 4.39. The zero-order valence-electron chi connectivity index (χ0n) is 8.66. The highest BCUT2D eigenvalue weighted by Crippen LogP contribution is 2.20. The average molecular weight is 210 g/mol. The van der Waals surface area contributed by atoms with Gasteiger partial charge < -0.3 is 10.2 Å². The highest BCUT2D eigenvalue weighted by molar-refractivity contribution is 7.12. The summed E-state index contributed by atoms with van der Waals surface area (Å²) in [4.78, 5) is 6.99. The number of nitrogens with one attached hydrogen (secondary N) is 1. The molecule has 0 amide bonds. The third-order valence-corrected chi connectivity index (χ3v) is 2.56. The summed E-state index contributed by atoms with van der Waals surface area (Å²) in [5, 5.41) is 12.9. The molecular weight excluding hydrogens is 196 g/mol. The van der Waals surface area contributed by atoms with Gasteiger partial charge in [-0.3, -0.25) is 0 Å². The van der Waals surface area contributed by atoms with E-state index in [1.54, 1.807) is 0 Å². The van der Waals surface area contributed by atoms with Crippen LogP contribution in [0.3, 0.4) is 0 Å². The van der Waals surface area contributed by atoms with Gasteiger partial charge in [0.2, 0.25) is 0 Å².